The molecule has 0 atom stereocenters. The van der Waals surface area contributed by atoms with Gasteiger partial charge in [0.2, 0.25) is 0 Å². The molecule has 6 heteroatoms. The lowest BCUT2D eigenvalue weighted by Gasteiger charge is -2.21. The number of thioether (sulfide) groups is 2. The van der Waals surface area contributed by atoms with E-state index >= 15 is 0 Å². The fraction of sp³-hybridized carbons (Fsp3) is 0.455. The van der Waals surface area contributed by atoms with E-state index in [1.165, 1.54) is 13.5 Å². The van der Waals surface area contributed by atoms with Gasteiger partial charge < -0.3 is 4.74 Å². The topological polar surface area (TPSA) is 52.4 Å². The standard InChI is InChI=1S/C11H13NO3S2/c1-15-9-5-2-4-8(10(9)12(13)14)11-16-6-3-7-17-11/h2,4-5,11H,3,6-7H2,1H3. The molecule has 0 saturated carbocycles. The second-order valence-electron chi connectivity index (χ2n) is 3.58. The normalized spacial score (nSPS) is 16.8. The second kappa shape index (κ2) is 5.64. The predicted molar refractivity (Wildman–Crippen MR) is 71.9 cm³/mol. The Labute approximate surface area is 108 Å². The Morgan fingerprint density at radius 3 is 2.71 bits per heavy atom. The molecule has 4 nitrogen and oxygen atoms in total. The third kappa shape index (κ3) is 2.69. The van der Waals surface area contributed by atoms with Crippen LogP contribution in [-0.4, -0.2) is 23.5 Å². The zero-order valence-corrected chi connectivity index (χ0v) is 11.1. The van der Waals surface area contributed by atoms with Gasteiger partial charge in [-0.25, -0.2) is 0 Å². The van der Waals surface area contributed by atoms with Crippen molar-refractivity contribution in [2.75, 3.05) is 18.6 Å². The van der Waals surface area contributed by atoms with Gasteiger partial charge in [0.15, 0.2) is 5.75 Å². The average Bonchev–Trinajstić information content (AvgIpc) is 2.38. The lowest BCUT2D eigenvalue weighted by atomic mass is 10.2. The average molecular weight is 271 g/mol. The van der Waals surface area contributed by atoms with Gasteiger partial charge in [0.05, 0.1) is 22.2 Å². The van der Waals surface area contributed by atoms with Crippen LogP contribution in [0.15, 0.2) is 18.2 Å². The maximum atomic E-state index is 11.2. The molecular weight excluding hydrogens is 258 g/mol. The van der Waals surface area contributed by atoms with Crippen LogP contribution in [0.25, 0.3) is 0 Å². The van der Waals surface area contributed by atoms with E-state index in [1.807, 2.05) is 12.1 Å². The number of nitro groups is 1. The molecule has 1 aromatic rings. The van der Waals surface area contributed by atoms with Crippen LogP contribution in [0.5, 0.6) is 5.75 Å². The summed E-state index contributed by atoms with van der Waals surface area (Å²) in [5.41, 5.74) is 0.881. The molecule has 1 heterocycles. The van der Waals surface area contributed by atoms with Crippen molar-refractivity contribution in [1.82, 2.24) is 0 Å². The van der Waals surface area contributed by atoms with Gasteiger partial charge in [-0.05, 0) is 30.1 Å². The number of ether oxygens (including phenoxy) is 1. The zero-order valence-electron chi connectivity index (χ0n) is 9.42. The molecule has 92 valence electrons. The SMILES string of the molecule is COc1cccc(C2SCCCS2)c1[N+](=O)[O-]. The second-order valence-corrected chi connectivity index (χ2v) is 6.31. The molecule has 2 rings (SSSR count). The summed E-state index contributed by atoms with van der Waals surface area (Å²) in [6, 6.07) is 5.29. The van der Waals surface area contributed by atoms with Gasteiger partial charge in [-0.15, -0.1) is 23.5 Å². The Kier molecular flexibility index (Phi) is 4.17. The number of para-hydroxylation sites is 1. The van der Waals surface area contributed by atoms with Gasteiger partial charge in [0, 0.05) is 0 Å². The first-order chi connectivity index (χ1) is 8.24. The first kappa shape index (κ1) is 12.6. The van der Waals surface area contributed by atoms with Crippen LogP contribution >= 0.6 is 23.5 Å². The van der Waals surface area contributed by atoms with Crippen molar-refractivity contribution in [3.8, 4) is 5.75 Å². The van der Waals surface area contributed by atoms with Gasteiger partial charge in [-0.3, -0.25) is 10.1 Å². The maximum Gasteiger partial charge on any atom is 0.316 e. The summed E-state index contributed by atoms with van der Waals surface area (Å²) in [7, 11) is 1.47. The highest BCUT2D eigenvalue weighted by atomic mass is 32.2. The van der Waals surface area contributed by atoms with Crippen molar-refractivity contribution in [1.29, 1.82) is 0 Å². The summed E-state index contributed by atoms with van der Waals surface area (Å²) in [4.78, 5) is 10.8. The fourth-order valence-corrected chi connectivity index (χ4v) is 4.69. The predicted octanol–water partition coefficient (Wildman–Crippen LogP) is 3.47. The molecule has 0 bridgehead atoms. The molecule has 0 spiro atoms. The van der Waals surface area contributed by atoms with E-state index in [9.17, 15) is 10.1 Å². The minimum absolute atomic E-state index is 0.113. The Morgan fingerprint density at radius 1 is 1.41 bits per heavy atom. The molecule has 1 saturated heterocycles. The monoisotopic (exact) mass is 271 g/mol. The Morgan fingerprint density at radius 2 is 2.12 bits per heavy atom. The summed E-state index contributed by atoms with van der Waals surface area (Å²) < 4.78 is 5.23. The van der Waals surface area contributed by atoms with Crippen LogP contribution < -0.4 is 4.74 Å². The van der Waals surface area contributed by atoms with Gasteiger partial charge in [0.1, 0.15) is 0 Å². The number of nitrogens with zero attached hydrogens (tertiary/aromatic N) is 1. The van der Waals surface area contributed by atoms with Crippen molar-refractivity contribution >= 4 is 29.2 Å². The van der Waals surface area contributed by atoms with Crippen molar-refractivity contribution in [3.63, 3.8) is 0 Å². The molecule has 0 aliphatic carbocycles. The molecular formula is C11H13NO3S2. The van der Waals surface area contributed by atoms with Gasteiger partial charge in [-0.2, -0.15) is 0 Å². The number of hydrogen-bond donors (Lipinski definition) is 0. The molecule has 0 unspecified atom stereocenters. The van der Waals surface area contributed by atoms with Gasteiger partial charge >= 0.3 is 5.69 Å². The Bertz CT molecular complexity index is 419. The highest BCUT2D eigenvalue weighted by molar-refractivity contribution is 8.16. The highest BCUT2D eigenvalue weighted by Gasteiger charge is 2.28. The minimum atomic E-state index is -0.343. The summed E-state index contributed by atoms with van der Waals surface area (Å²) in [6.45, 7) is 0. The largest absolute Gasteiger partial charge is 0.490 e. The molecule has 0 aromatic heterocycles. The van der Waals surface area contributed by atoms with Gasteiger partial charge in [0.25, 0.3) is 0 Å². The van der Waals surface area contributed by atoms with Crippen molar-refractivity contribution in [3.05, 3.63) is 33.9 Å². The van der Waals surface area contributed by atoms with Gasteiger partial charge in [-0.1, -0.05) is 6.07 Å². The van der Waals surface area contributed by atoms with Crippen LogP contribution in [0.3, 0.4) is 0 Å². The van der Waals surface area contributed by atoms with E-state index in [2.05, 4.69) is 0 Å². The number of methoxy groups -OCH3 is 1. The zero-order chi connectivity index (χ0) is 12.3. The third-order valence-electron chi connectivity index (χ3n) is 2.51. The molecule has 0 amide bonds. The molecule has 1 aliphatic heterocycles. The third-order valence-corrected chi connectivity index (χ3v) is 5.49. The number of nitro benzene ring substituents is 1. The lowest BCUT2D eigenvalue weighted by molar-refractivity contribution is -0.386. The molecule has 0 N–H and O–H groups in total. The van der Waals surface area contributed by atoms with Crippen LogP contribution in [0.4, 0.5) is 5.69 Å². The van der Waals surface area contributed by atoms with E-state index in [1.54, 1.807) is 29.6 Å². The summed E-state index contributed by atoms with van der Waals surface area (Å²) in [6.07, 6.45) is 1.17. The van der Waals surface area contributed by atoms with Crippen molar-refractivity contribution < 1.29 is 9.66 Å². The summed E-state index contributed by atoms with van der Waals surface area (Å²) >= 11 is 3.54. The maximum absolute atomic E-state index is 11.2. The fourth-order valence-electron chi connectivity index (χ4n) is 1.76. The van der Waals surface area contributed by atoms with Crippen LogP contribution in [-0.2, 0) is 0 Å². The highest BCUT2D eigenvalue weighted by Crippen LogP contribution is 2.48. The van der Waals surface area contributed by atoms with E-state index in [-0.39, 0.29) is 15.2 Å². The first-order valence-corrected chi connectivity index (χ1v) is 7.38. The Balaban J connectivity index is 2.40. The Hall–Kier alpha value is -0.880. The molecule has 1 aromatic carbocycles. The summed E-state index contributed by atoms with van der Waals surface area (Å²) in [5.74, 6) is 2.47. The molecule has 1 aliphatic rings. The van der Waals surface area contributed by atoms with Crippen molar-refractivity contribution in [2.24, 2.45) is 0 Å². The lowest BCUT2D eigenvalue weighted by Crippen LogP contribution is -2.04. The van der Waals surface area contributed by atoms with E-state index in [0.29, 0.717) is 5.75 Å². The van der Waals surface area contributed by atoms with Crippen LogP contribution in [0.2, 0.25) is 0 Å². The van der Waals surface area contributed by atoms with E-state index in [4.69, 9.17) is 4.74 Å². The quantitative estimate of drug-likeness (QED) is 0.622. The van der Waals surface area contributed by atoms with E-state index < -0.39 is 0 Å². The van der Waals surface area contributed by atoms with Crippen molar-refractivity contribution in [2.45, 2.75) is 11.0 Å². The molecule has 17 heavy (non-hydrogen) atoms. The molecule has 0 radical (unpaired) electrons. The van der Waals surface area contributed by atoms with E-state index in [0.717, 1.165) is 17.1 Å². The minimum Gasteiger partial charge on any atom is -0.490 e. The smallest absolute Gasteiger partial charge is 0.316 e. The van der Waals surface area contributed by atoms with Crippen LogP contribution in [0, 0.1) is 10.1 Å². The van der Waals surface area contributed by atoms with Crippen LogP contribution in [0.1, 0.15) is 16.6 Å². The first-order valence-electron chi connectivity index (χ1n) is 5.28. The summed E-state index contributed by atoms with van der Waals surface area (Å²) in [5, 5.41) is 11.2. The number of rotatable bonds is 3. The number of benzene rings is 1. The molecule has 1 fully saturated rings. The number of hydrogen-bond acceptors (Lipinski definition) is 5.